The number of benzene rings is 1. The number of carbonyl (C=O) groups is 2. The smallest absolute Gasteiger partial charge is 0.311 e. The van der Waals surface area contributed by atoms with Crippen molar-refractivity contribution in [3.63, 3.8) is 0 Å². The van der Waals surface area contributed by atoms with Crippen molar-refractivity contribution >= 4 is 21.7 Å². The lowest BCUT2D eigenvalue weighted by Gasteiger charge is -2.28. The second-order valence-electron chi connectivity index (χ2n) is 7.18. The van der Waals surface area contributed by atoms with Gasteiger partial charge in [-0.1, -0.05) is 26.0 Å². The van der Waals surface area contributed by atoms with Crippen LogP contribution in [-0.4, -0.2) is 48.6 Å². The number of aliphatic carboxylic acids is 1. The molecule has 0 radical (unpaired) electrons. The molecular formula is C18H25NO5S. The summed E-state index contributed by atoms with van der Waals surface area (Å²) in [5.41, 5.74) is -0.872. The zero-order chi connectivity index (χ0) is 19.0. The molecule has 2 rings (SSSR count). The molecule has 1 N–H and O–H groups in total. The van der Waals surface area contributed by atoms with Crippen LogP contribution in [0.15, 0.2) is 29.2 Å². The highest BCUT2D eigenvalue weighted by atomic mass is 32.2. The van der Waals surface area contributed by atoms with Gasteiger partial charge in [-0.25, -0.2) is 8.42 Å². The minimum Gasteiger partial charge on any atom is -0.481 e. The number of carboxylic acids is 1. The molecule has 0 aliphatic carbocycles. The number of hydrogen-bond donors (Lipinski definition) is 1. The summed E-state index contributed by atoms with van der Waals surface area (Å²) in [4.78, 5) is 26.2. The van der Waals surface area contributed by atoms with E-state index in [0.717, 1.165) is 0 Å². The highest BCUT2D eigenvalue weighted by Crippen LogP contribution is 2.39. The molecule has 0 aromatic heterocycles. The van der Waals surface area contributed by atoms with Crippen molar-refractivity contribution in [1.82, 2.24) is 4.90 Å². The molecule has 1 aromatic rings. The van der Waals surface area contributed by atoms with E-state index in [9.17, 15) is 23.1 Å². The molecular weight excluding hydrogens is 342 g/mol. The normalized spacial score (nSPS) is 21.1. The van der Waals surface area contributed by atoms with Crippen LogP contribution in [0.1, 0.15) is 44.5 Å². The summed E-state index contributed by atoms with van der Waals surface area (Å²) < 4.78 is 25.1. The van der Waals surface area contributed by atoms with Gasteiger partial charge in [0.25, 0.3) is 5.91 Å². The molecule has 1 fully saturated rings. The van der Waals surface area contributed by atoms with Gasteiger partial charge in [0.2, 0.25) is 0 Å². The van der Waals surface area contributed by atoms with Gasteiger partial charge in [0.1, 0.15) is 0 Å². The number of carboxylic acid groups (broad SMARTS) is 1. The molecule has 1 heterocycles. The van der Waals surface area contributed by atoms with Crippen LogP contribution in [0.2, 0.25) is 0 Å². The summed E-state index contributed by atoms with van der Waals surface area (Å²) in [6.07, 6.45) is 0.366. The van der Waals surface area contributed by atoms with Gasteiger partial charge < -0.3 is 10.0 Å². The van der Waals surface area contributed by atoms with Crippen LogP contribution in [0.5, 0.6) is 0 Å². The zero-order valence-corrected chi connectivity index (χ0v) is 15.8. The van der Waals surface area contributed by atoms with Crippen molar-refractivity contribution in [3.8, 4) is 0 Å². The van der Waals surface area contributed by atoms with Gasteiger partial charge >= 0.3 is 5.97 Å². The fourth-order valence-electron chi connectivity index (χ4n) is 3.21. The third-order valence-electron chi connectivity index (χ3n) is 5.16. The molecule has 6 nitrogen and oxygen atoms in total. The maximum atomic E-state index is 12.9. The van der Waals surface area contributed by atoms with E-state index in [1.807, 2.05) is 13.8 Å². The first-order valence-electron chi connectivity index (χ1n) is 8.39. The van der Waals surface area contributed by atoms with Crippen molar-refractivity contribution in [2.75, 3.05) is 13.1 Å². The van der Waals surface area contributed by atoms with Crippen molar-refractivity contribution in [2.45, 2.75) is 44.3 Å². The number of nitrogens with zero attached hydrogens (tertiary/aromatic N) is 1. The molecule has 138 valence electrons. The summed E-state index contributed by atoms with van der Waals surface area (Å²) in [5, 5.41) is 8.98. The van der Waals surface area contributed by atoms with Crippen molar-refractivity contribution in [3.05, 3.63) is 29.8 Å². The van der Waals surface area contributed by atoms with Gasteiger partial charge in [0.05, 0.1) is 21.1 Å². The summed E-state index contributed by atoms with van der Waals surface area (Å²) in [5.74, 6) is -1.47. The Bertz CT molecular complexity index is 784. The third-order valence-corrected chi connectivity index (χ3v) is 7.37. The average Bonchev–Trinajstić information content (AvgIpc) is 3.01. The van der Waals surface area contributed by atoms with E-state index in [1.54, 1.807) is 26.0 Å². The number of likely N-dealkylation sites (tertiary alicyclic amines) is 1. The largest absolute Gasteiger partial charge is 0.481 e. The first-order valence-corrected chi connectivity index (χ1v) is 9.94. The van der Waals surface area contributed by atoms with Crippen LogP contribution < -0.4 is 0 Å². The second-order valence-corrected chi connectivity index (χ2v) is 9.66. The Balaban J connectivity index is 2.40. The van der Waals surface area contributed by atoms with Gasteiger partial charge in [0, 0.05) is 13.1 Å². The molecule has 0 bridgehead atoms. The van der Waals surface area contributed by atoms with Gasteiger partial charge in [0.15, 0.2) is 9.84 Å². The summed E-state index contributed by atoms with van der Waals surface area (Å²) in [6.45, 7) is 7.20. The lowest BCUT2D eigenvalue weighted by Crippen LogP contribution is -2.40. The second kappa shape index (κ2) is 6.78. The number of sulfone groups is 1. The fourth-order valence-corrected chi connectivity index (χ4v) is 4.45. The van der Waals surface area contributed by atoms with E-state index in [-0.39, 0.29) is 22.9 Å². The fraction of sp³-hybridized carbons (Fsp3) is 0.556. The van der Waals surface area contributed by atoms with Gasteiger partial charge in [-0.3, -0.25) is 9.59 Å². The Morgan fingerprint density at radius 2 is 1.76 bits per heavy atom. The van der Waals surface area contributed by atoms with E-state index in [1.165, 1.54) is 17.0 Å². The van der Waals surface area contributed by atoms with Crippen molar-refractivity contribution < 1.29 is 23.1 Å². The molecule has 1 unspecified atom stereocenters. The maximum Gasteiger partial charge on any atom is 0.311 e. The lowest BCUT2D eigenvalue weighted by molar-refractivity contribution is -0.150. The van der Waals surface area contributed by atoms with Crippen molar-refractivity contribution in [1.29, 1.82) is 0 Å². The van der Waals surface area contributed by atoms with Crippen LogP contribution >= 0.6 is 0 Å². The Morgan fingerprint density at radius 3 is 2.24 bits per heavy atom. The Kier molecular flexibility index (Phi) is 5.27. The molecule has 1 aliphatic heterocycles. The standard InChI is InChI=1S/C18H25NO5S/c1-12(2)18(17(21)22)9-10-19(11-18)16(20)14-7-5-6-8-15(14)25(23,24)13(3)4/h5-8,12-13H,9-11H2,1-4H3,(H,21,22). The highest BCUT2D eigenvalue weighted by Gasteiger charge is 2.48. The molecule has 0 saturated carbocycles. The first-order chi connectivity index (χ1) is 11.5. The topological polar surface area (TPSA) is 91.8 Å². The number of carbonyl (C=O) groups excluding carboxylic acids is 1. The van der Waals surface area contributed by atoms with Crippen molar-refractivity contribution in [2.24, 2.45) is 11.3 Å². The van der Waals surface area contributed by atoms with Crippen LogP contribution in [0, 0.1) is 11.3 Å². The number of amides is 1. The number of rotatable bonds is 5. The Morgan fingerprint density at radius 1 is 1.16 bits per heavy atom. The van der Waals surface area contributed by atoms with E-state index >= 15 is 0 Å². The van der Waals surface area contributed by atoms with E-state index in [4.69, 9.17) is 0 Å². The quantitative estimate of drug-likeness (QED) is 0.863. The highest BCUT2D eigenvalue weighted by molar-refractivity contribution is 7.92. The van der Waals surface area contributed by atoms with E-state index in [2.05, 4.69) is 0 Å². The summed E-state index contributed by atoms with van der Waals surface area (Å²) >= 11 is 0. The maximum absolute atomic E-state index is 12.9. The van der Waals surface area contributed by atoms with Crippen LogP contribution in [0.25, 0.3) is 0 Å². The average molecular weight is 367 g/mol. The first kappa shape index (κ1) is 19.4. The predicted octanol–water partition coefficient (Wildman–Crippen LogP) is 2.44. The molecule has 1 saturated heterocycles. The lowest BCUT2D eigenvalue weighted by atomic mass is 9.76. The van der Waals surface area contributed by atoms with Gasteiger partial charge in [-0.15, -0.1) is 0 Å². The summed E-state index contributed by atoms with van der Waals surface area (Å²) in [6, 6.07) is 6.14. The molecule has 1 amide bonds. The zero-order valence-electron chi connectivity index (χ0n) is 15.0. The van der Waals surface area contributed by atoms with Gasteiger partial charge in [-0.05, 0) is 38.3 Å². The predicted molar refractivity (Wildman–Crippen MR) is 94.2 cm³/mol. The van der Waals surface area contributed by atoms with E-state index < -0.39 is 32.4 Å². The van der Waals surface area contributed by atoms with E-state index in [0.29, 0.717) is 13.0 Å². The number of hydrogen-bond acceptors (Lipinski definition) is 4. The SMILES string of the molecule is CC(C)C1(C(=O)O)CCN(C(=O)c2ccccc2S(=O)(=O)C(C)C)C1. The molecule has 1 aliphatic rings. The summed E-state index contributed by atoms with van der Waals surface area (Å²) in [7, 11) is -3.61. The minimum absolute atomic E-state index is 0.00683. The Hall–Kier alpha value is -1.89. The monoisotopic (exact) mass is 367 g/mol. The molecule has 1 aromatic carbocycles. The molecule has 7 heteroatoms. The molecule has 25 heavy (non-hydrogen) atoms. The third kappa shape index (κ3) is 3.29. The Labute approximate surface area is 148 Å². The van der Waals surface area contributed by atoms with Crippen LogP contribution in [-0.2, 0) is 14.6 Å². The van der Waals surface area contributed by atoms with Crippen LogP contribution in [0.4, 0.5) is 0 Å². The minimum atomic E-state index is -3.61. The van der Waals surface area contributed by atoms with Crippen LogP contribution in [0.3, 0.4) is 0 Å². The molecule has 1 atom stereocenters. The van der Waals surface area contributed by atoms with Gasteiger partial charge in [-0.2, -0.15) is 0 Å². The molecule has 0 spiro atoms.